The van der Waals surface area contributed by atoms with Crippen molar-refractivity contribution in [2.45, 2.75) is 19.5 Å². The molecule has 146 valence electrons. The van der Waals surface area contributed by atoms with Crippen LogP contribution in [0.15, 0.2) is 54.9 Å². The second-order valence-electron chi connectivity index (χ2n) is 7.19. The van der Waals surface area contributed by atoms with Crippen LogP contribution in [0.1, 0.15) is 12.0 Å². The van der Waals surface area contributed by atoms with E-state index in [1.54, 1.807) is 4.90 Å². The fraction of sp³-hybridized carbons (Fsp3) is 0.364. The van der Waals surface area contributed by atoms with E-state index >= 15 is 0 Å². The number of imidazole rings is 1. The van der Waals surface area contributed by atoms with Gasteiger partial charge in [-0.2, -0.15) is 0 Å². The number of nitrogens with zero attached hydrogens (tertiary/aromatic N) is 4. The number of carbonyl (C=O) groups excluding carboxylic acids is 1. The largest absolute Gasteiger partial charge is 0.378 e. The van der Waals surface area contributed by atoms with Crippen LogP contribution in [0.4, 0.5) is 5.69 Å². The zero-order valence-electron chi connectivity index (χ0n) is 16.3. The van der Waals surface area contributed by atoms with Gasteiger partial charge in [0.1, 0.15) is 0 Å². The highest BCUT2D eigenvalue weighted by molar-refractivity contribution is 5.77. The molecule has 28 heavy (non-hydrogen) atoms. The molecule has 0 saturated carbocycles. The first-order valence-corrected chi connectivity index (χ1v) is 9.76. The fourth-order valence-electron chi connectivity index (χ4n) is 3.59. The molecule has 1 amide bonds. The normalized spacial score (nSPS) is 14.4. The number of rotatable bonds is 6. The van der Waals surface area contributed by atoms with Gasteiger partial charge in [-0.3, -0.25) is 4.79 Å². The maximum absolute atomic E-state index is 12.6. The standard InChI is InChI=1S/C22H26N4O2/c1-24(16-18-6-8-19(9-7-18)25-12-14-28-15-13-25)22(27)10-11-26-17-23-20-4-2-3-5-21(20)26/h2-9,17H,10-16H2,1H3. The van der Waals surface area contributed by atoms with Crippen LogP contribution in [0, 0.1) is 0 Å². The van der Waals surface area contributed by atoms with E-state index in [-0.39, 0.29) is 5.91 Å². The third-order valence-electron chi connectivity index (χ3n) is 5.25. The van der Waals surface area contributed by atoms with E-state index in [9.17, 15) is 4.79 Å². The van der Waals surface area contributed by atoms with Gasteiger partial charge in [-0.05, 0) is 29.8 Å². The number of amides is 1. The van der Waals surface area contributed by atoms with Gasteiger partial charge in [-0.15, -0.1) is 0 Å². The molecule has 1 fully saturated rings. The van der Waals surface area contributed by atoms with E-state index in [1.165, 1.54) is 5.69 Å². The fourth-order valence-corrected chi connectivity index (χ4v) is 3.59. The van der Waals surface area contributed by atoms with Crippen molar-refractivity contribution in [3.63, 3.8) is 0 Å². The number of fused-ring (bicyclic) bond motifs is 1. The highest BCUT2D eigenvalue weighted by atomic mass is 16.5. The Labute approximate surface area is 165 Å². The number of anilines is 1. The minimum Gasteiger partial charge on any atom is -0.378 e. The second kappa shape index (κ2) is 8.44. The van der Waals surface area contributed by atoms with Crippen molar-refractivity contribution in [2.24, 2.45) is 0 Å². The van der Waals surface area contributed by atoms with Crippen LogP contribution < -0.4 is 4.90 Å². The Morgan fingerprint density at radius 2 is 1.86 bits per heavy atom. The first-order valence-electron chi connectivity index (χ1n) is 9.76. The van der Waals surface area contributed by atoms with Crippen molar-refractivity contribution < 1.29 is 9.53 Å². The topological polar surface area (TPSA) is 50.6 Å². The smallest absolute Gasteiger partial charge is 0.224 e. The Balaban J connectivity index is 1.31. The predicted molar refractivity (Wildman–Crippen MR) is 110 cm³/mol. The summed E-state index contributed by atoms with van der Waals surface area (Å²) in [4.78, 5) is 21.1. The molecule has 0 spiro atoms. The first kappa shape index (κ1) is 18.5. The maximum atomic E-state index is 12.6. The van der Waals surface area contributed by atoms with Crippen LogP contribution in [0.25, 0.3) is 11.0 Å². The van der Waals surface area contributed by atoms with Gasteiger partial charge in [0, 0.05) is 45.3 Å². The lowest BCUT2D eigenvalue weighted by atomic mass is 10.1. The van der Waals surface area contributed by atoms with Gasteiger partial charge in [0.15, 0.2) is 0 Å². The van der Waals surface area contributed by atoms with E-state index in [4.69, 9.17) is 4.74 Å². The van der Waals surface area contributed by atoms with Gasteiger partial charge in [0.2, 0.25) is 5.91 Å². The molecule has 3 aromatic rings. The summed E-state index contributed by atoms with van der Waals surface area (Å²) < 4.78 is 7.45. The molecule has 6 nitrogen and oxygen atoms in total. The number of para-hydroxylation sites is 2. The Morgan fingerprint density at radius 1 is 1.11 bits per heavy atom. The third kappa shape index (κ3) is 4.17. The molecule has 2 heterocycles. The number of aromatic nitrogens is 2. The number of aryl methyl sites for hydroxylation is 1. The Hall–Kier alpha value is -2.86. The molecular formula is C22H26N4O2. The third-order valence-corrected chi connectivity index (χ3v) is 5.25. The Morgan fingerprint density at radius 3 is 2.64 bits per heavy atom. The lowest BCUT2D eigenvalue weighted by Crippen LogP contribution is -2.36. The monoisotopic (exact) mass is 378 g/mol. The molecule has 4 rings (SSSR count). The van der Waals surface area contributed by atoms with Crippen LogP contribution in [-0.2, 0) is 22.6 Å². The van der Waals surface area contributed by atoms with Gasteiger partial charge in [0.05, 0.1) is 30.6 Å². The summed E-state index contributed by atoms with van der Waals surface area (Å²) in [5, 5.41) is 0. The second-order valence-corrected chi connectivity index (χ2v) is 7.19. The molecule has 6 heteroatoms. The predicted octanol–water partition coefficient (Wildman–Crippen LogP) is 2.92. The molecule has 1 aliphatic rings. The van der Waals surface area contributed by atoms with Crippen molar-refractivity contribution in [2.75, 3.05) is 38.3 Å². The summed E-state index contributed by atoms with van der Waals surface area (Å²) in [5.41, 5.74) is 4.38. The minimum atomic E-state index is 0.134. The summed E-state index contributed by atoms with van der Waals surface area (Å²) in [6.07, 6.45) is 2.27. The Kier molecular flexibility index (Phi) is 5.58. The molecule has 0 unspecified atom stereocenters. The molecule has 0 N–H and O–H groups in total. The van der Waals surface area contributed by atoms with Gasteiger partial charge in [-0.25, -0.2) is 4.98 Å². The molecule has 0 aliphatic carbocycles. The summed E-state index contributed by atoms with van der Waals surface area (Å²) >= 11 is 0. The van der Waals surface area contributed by atoms with E-state index in [0.717, 1.165) is 42.9 Å². The average Bonchev–Trinajstić information content (AvgIpc) is 3.16. The highest BCUT2D eigenvalue weighted by Crippen LogP contribution is 2.18. The van der Waals surface area contributed by atoms with Gasteiger partial charge < -0.3 is 19.1 Å². The van der Waals surface area contributed by atoms with Gasteiger partial charge >= 0.3 is 0 Å². The van der Waals surface area contributed by atoms with E-state index in [2.05, 4.69) is 34.1 Å². The number of ether oxygens (including phenoxy) is 1. The van der Waals surface area contributed by atoms with Gasteiger partial charge in [0.25, 0.3) is 0 Å². The van der Waals surface area contributed by atoms with Crippen LogP contribution in [0.3, 0.4) is 0 Å². The summed E-state index contributed by atoms with van der Waals surface area (Å²) in [6.45, 7) is 4.68. The van der Waals surface area contributed by atoms with Crippen molar-refractivity contribution in [1.82, 2.24) is 14.5 Å². The minimum absolute atomic E-state index is 0.134. The van der Waals surface area contributed by atoms with Crippen LogP contribution in [-0.4, -0.2) is 53.7 Å². The molecule has 0 bridgehead atoms. The molecule has 2 aromatic carbocycles. The van der Waals surface area contributed by atoms with E-state index in [0.29, 0.717) is 19.5 Å². The number of hydrogen-bond donors (Lipinski definition) is 0. The number of morpholine rings is 1. The molecule has 1 aliphatic heterocycles. The maximum Gasteiger partial charge on any atom is 0.224 e. The van der Waals surface area contributed by atoms with E-state index < -0.39 is 0 Å². The summed E-state index contributed by atoms with van der Waals surface area (Å²) in [6, 6.07) is 16.5. The molecule has 1 aromatic heterocycles. The Bertz CT molecular complexity index is 929. The van der Waals surface area contributed by atoms with Crippen molar-refractivity contribution >= 4 is 22.6 Å². The quantitative estimate of drug-likeness (QED) is 0.662. The summed E-state index contributed by atoms with van der Waals surface area (Å²) in [5.74, 6) is 0.134. The average molecular weight is 378 g/mol. The summed E-state index contributed by atoms with van der Waals surface area (Å²) in [7, 11) is 1.87. The van der Waals surface area contributed by atoms with Crippen molar-refractivity contribution in [3.8, 4) is 0 Å². The highest BCUT2D eigenvalue weighted by Gasteiger charge is 2.13. The zero-order valence-corrected chi connectivity index (χ0v) is 16.3. The van der Waals surface area contributed by atoms with E-state index in [1.807, 2.05) is 42.2 Å². The lowest BCUT2D eigenvalue weighted by molar-refractivity contribution is -0.130. The van der Waals surface area contributed by atoms with Crippen LogP contribution in [0.5, 0.6) is 0 Å². The molecule has 0 radical (unpaired) electrons. The van der Waals surface area contributed by atoms with Gasteiger partial charge in [-0.1, -0.05) is 24.3 Å². The van der Waals surface area contributed by atoms with Crippen LogP contribution >= 0.6 is 0 Å². The number of carbonyl (C=O) groups is 1. The molecule has 0 atom stereocenters. The molecule has 1 saturated heterocycles. The van der Waals surface area contributed by atoms with Crippen molar-refractivity contribution in [1.29, 1.82) is 0 Å². The number of hydrogen-bond acceptors (Lipinski definition) is 4. The zero-order chi connectivity index (χ0) is 19.3. The van der Waals surface area contributed by atoms with Crippen LogP contribution in [0.2, 0.25) is 0 Å². The number of benzene rings is 2. The van der Waals surface area contributed by atoms with Crippen molar-refractivity contribution in [3.05, 3.63) is 60.4 Å². The lowest BCUT2D eigenvalue weighted by Gasteiger charge is -2.29. The first-order chi connectivity index (χ1) is 13.7. The molecular weight excluding hydrogens is 352 g/mol. The SMILES string of the molecule is CN(Cc1ccc(N2CCOCC2)cc1)C(=O)CCn1cnc2ccccc21.